The predicted molar refractivity (Wildman–Crippen MR) is 85.8 cm³/mol. The Morgan fingerprint density at radius 1 is 0.952 bits per heavy atom. The fraction of sp³-hybridized carbons (Fsp3) is 0.316. The second-order valence-corrected chi connectivity index (χ2v) is 6.50. The smallest absolute Gasteiger partial charge is 0.187 e. The molecule has 1 saturated carbocycles. The second-order valence-electron chi connectivity index (χ2n) is 6.50. The van der Waals surface area contributed by atoms with E-state index in [1.54, 1.807) is 0 Å². The first kappa shape index (κ1) is 12.5. The Kier molecular flexibility index (Phi) is 2.75. The van der Waals surface area contributed by atoms with E-state index in [0.29, 0.717) is 11.3 Å². The van der Waals surface area contributed by atoms with Gasteiger partial charge in [-0.3, -0.25) is 0 Å². The largest absolute Gasteiger partial charge is 0.370 e. The molecule has 2 aromatic rings. The van der Waals surface area contributed by atoms with Gasteiger partial charge in [0.25, 0.3) is 0 Å². The Morgan fingerprint density at radius 2 is 1.62 bits per heavy atom. The van der Waals surface area contributed by atoms with Gasteiger partial charge in [0.1, 0.15) is 0 Å². The highest BCUT2D eigenvalue weighted by molar-refractivity contribution is 5.51. The van der Waals surface area contributed by atoms with E-state index in [-0.39, 0.29) is 0 Å². The zero-order valence-electron chi connectivity index (χ0n) is 12.0. The third-order valence-corrected chi connectivity index (χ3v) is 5.03. The van der Waals surface area contributed by atoms with Gasteiger partial charge in [-0.25, -0.2) is 4.85 Å². The molecular weight excluding hydrogens is 256 g/mol. The lowest BCUT2D eigenvalue weighted by Crippen LogP contribution is -2.61. The highest BCUT2D eigenvalue weighted by Crippen LogP contribution is 2.56. The van der Waals surface area contributed by atoms with E-state index in [0.717, 1.165) is 5.69 Å². The Hall–Kier alpha value is -2.27. The summed E-state index contributed by atoms with van der Waals surface area (Å²) >= 11 is 0. The van der Waals surface area contributed by atoms with Crippen LogP contribution in [0.15, 0.2) is 54.6 Å². The number of para-hydroxylation sites is 1. The number of nitrogens with zero attached hydrogens (tertiary/aromatic N) is 2. The Morgan fingerprint density at radius 3 is 2.24 bits per heavy atom. The Labute approximate surface area is 125 Å². The first-order valence-corrected chi connectivity index (χ1v) is 7.55. The molecule has 2 nitrogen and oxygen atoms in total. The van der Waals surface area contributed by atoms with Gasteiger partial charge in [0.2, 0.25) is 0 Å². The quantitative estimate of drug-likeness (QED) is 0.725. The standard InChI is InChI=1S/C19H18N2/c1-20-17-9-7-15(8-10-17)16-11-19(12-16)13-21(14-19)18-5-3-2-4-6-18/h2-10,16H,11-14H2. The van der Waals surface area contributed by atoms with Gasteiger partial charge in [-0.1, -0.05) is 42.5 Å². The molecule has 0 bridgehead atoms. The molecule has 0 N–H and O–H groups in total. The lowest BCUT2D eigenvalue weighted by atomic mass is 9.56. The van der Waals surface area contributed by atoms with Gasteiger partial charge >= 0.3 is 0 Å². The van der Waals surface area contributed by atoms with E-state index in [4.69, 9.17) is 6.57 Å². The van der Waals surface area contributed by atoms with Gasteiger partial charge in [0.15, 0.2) is 5.69 Å². The number of anilines is 1. The molecule has 2 aliphatic rings. The number of hydrogen-bond acceptors (Lipinski definition) is 1. The van der Waals surface area contributed by atoms with Crippen molar-refractivity contribution in [2.75, 3.05) is 18.0 Å². The Bertz CT molecular complexity index is 668. The van der Waals surface area contributed by atoms with Crippen LogP contribution in [0.3, 0.4) is 0 Å². The maximum Gasteiger partial charge on any atom is 0.187 e. The summed E-state index contributed by atoms with van der Waals surface area (Å²) in [6, 6.07) is 18.9. The van der Waals surface area contributed by atoms with Crippen LogP contribution in [0, 0.1) is 12.0 Å². The maximum atomic E-state index is 7.01. The van der Waals surface area contributed by atoms with Gasteiger partial charge in [-0.15, -0.1) is 0 Å². The highest BCUT2D eigenvalue weighted by atomic mass is 15.2. The van der Waals surface area contributed by atoms with Crippen LogP contribution in [0.5, 0.6) is 0 Å². The zero-order valence-corrected chi connectivity index (χ0v) is 12.0. The lowest BCUT2D eigenvalue weighted by Gasteiger charge is -2.60. The molecule has 0 atom stereocenters. The van der Waals surface area contributed by atoms with Crippen LogP contribution in [0.2, 0.25) is 0 Å². The molecule has 1 heterocycles. The van der Waals surface area contributed by atoms with Crippen molar-refractivity contribution in [2.24, 2.45) is 5.41 Å². The SMILES string of the molecule is [C-]#[N+]c1ccc(C2CC3(C2)CN(c2ccccc2)C3)cc1. The molecule has 2 aromatic carbocycles. The first-order chi connectivity index (χ1) is 10.3. The summed E-state index contributed by atoms with van der Waals surface area (Å²) < 4.78 is 0. The van der Waals surface area contributed by atoms with Crippen molar-refractivity contribution in [3.05, 3.63) is 71.6 Å². The van der Waals surface area contributed by atoms with E-state index < -0.39 is 0 Å². The molecule has 104 valence electrons. The average Bonchev–Trinajstić information content (AvgIpc) is 2.46. The molecular formula is C19H18N2. The second kappa shape index (κ2) is 4.63. The molecule has 0 radical (unpaired) electrons. The number of benzene rings is 2. The summed E-state index contributed by atoms with van der Waals surface area (Å²) in [5.41, 5.74) is 4.06. The molecule has 2 heteroatoms. The van der Waals surface area contributed by atoms with Crippen molar-refractivity contribution < 1.29 is 0 Å². The summed E-state index contributed by atoms with van der Waals surface area (Å²) in [6.45, 7) is 9.41. The minimum absolute atomic E-state index is 0.555. The van der Waals surface area contributed by atoms with E-state index in [2.05, 4.69) is 52.2 Å². The third-order valence-electron chi connectivity index (χ3n) is 5.03. The maximum absolute atomic E-state index is 7.01. The van der Waals surface area contributed by atoms with E-state index in [1.807, 2.05) is 12.1 Å². The van der Waals surface area contributed by atoms with Crippen LogP contribution in [-0.4, -0.2) is 13.1 Å². The normalized spacial score (nSPS) is 19.7. The van der Waals surface area contributed by atoms with Crippen molar-refractivity contribution in [1.82, 2.24) is 0 Å². The van der Waals surface area contributed by atoms with Crippen LogP contribution in [0.25, 0.3) is 4.85 Å². The number of hydrogen-bond donors (Lipinski definition) is 0. The van der Waals surface area contributed by atoms with Crippen molar-refractivity contribution >= 4 is 11.4 Å². The van der Waals surface area contributed by atoms with E-state index in [1.165, 1.54) is 37.2 Å². The molecule has 0 amide bonds. The topological polar surface area (TPSA) is 7.60 Å². The van der Waals surface area contributed by atoms with Crippen LogP contribution < -0.4 is 4.90 Å². The van der Waals surface area contributed by atoms with Gasteiger partial charge in [-0.2, -0.15) is 0 Å². The van der Waals surface area contributed by atoms with Crippen LogP contribution in [0.4, 0.5) is 11.4 Å². The highest BCUT2D eigenvalue weighted by Gasteiger charge is 2.52. The molecule has 1 saturated heterocycles. The molecule has 1 aliphatic carbocycles. The van der Waals surface area contributed by atoms with Crippen molar-refractivity contribution in [2.45, 2.75) is 18.8 Å². The molecule has 1 spiro atoms. The molecule has 4 rings (SSSR count). The molecule has 21 heavy (non-hydrogen) atoms. The van der Waals surface area contributed by atoms with E-state index >= 15 is 0 Å². The number of rotatable bonds is 2. The van der Waals surface area contributed by atoms with Gasteiger partial charge < -0.3 is 4.90 Å². The first-order valence-electron chi connectivity index (χ1n) is 7.55. The molecule has 1 aliphatic heterocycles. The van der Waals surface area contributed by atoms with E-state index in [9.17, 15) is 0 Å². The summed E-state index contributed by atoms with van der Waals surface area (Å²) in [4.78, 5) is 5.94. The fourth-order valence-corrected chi connectivity index (χ4v) is 3.89. The molecule has 0 unspecified atom stereocenters. The summed E-state index contributed by atoms with van der Waals surface area (Å²) in [6.07, 6.45) is 2.60. The fourth-order valence-electron chi connectivity index (χ4n) is 3.89. The Balaban J connectivity index is 1.37. The summed E-state index contributed by atoms with van der Waals surface area (Å²) in [7, 11) is 0. The van der Waals surface area contributed by atoms with Gasteiger partial charge in [0.05, 0.1) is 6.57 Å². The monoisotopic (exact) mass is 274 g/mol. The summed E-state index contributed by atoms with van der Waals surface area (Å²) in [5.74, 6) is 0.697. The van der Waals surface area contributed by atoms with Crippen molar-refractivity contribution in [3.63, 3.8) is 0 Å². The van der Waals surface area contributed by atoms with Crippen LogP contribution in [-0.2, 0) is 0 Å². The van der Waals surface area contributed by atoms with Crippen molar-refractivity contribution in [3.8, 4) is 0 Å². The van der Waals surface area contributed by atoms with Crippen LogP contribution >= 0.6 is 0 Å². The van der Waals surface area contributed by atoms with Gasteiger partial charge in [-0.05, 0) is 36.5 Å². The molecule has 0 aromatic heterocycles. The minimum Gasteiger partial charge on any atom is -0.370 e. The molecule has 2 fully saturated rings. The zero-order chi connectivity index (χ0) is 14.3. The predicted octanol–water partition coefficient (Wildman–Crippen LogP) is 4.62. The van der Waals surface area contributed by atoms with Gasteiger partial charge in [0, 0.05) is 24.2 Å². The lowest BCUT2D eigenvalue weighted by molar-refractivity contribution is 0.0634. The average molecular weight is 274 g/mol. The third kappa shape index (κ3) is 2.10. The van der Waals surface area contributed by atoms with Crippen molar-refractivity contribution in [1.29, 1.82) is 0 Å². The van der Waals surface area contributed by atoms with Crippen LogP contribution in [0.1, 0.15) is 24.3 Å². The summed E-state index contributed by atoms with van der Waals surface area (Å²) in [5, 5.41) is 0. The minimum atomic E-state index is 0.555.